The molecule has 1 atom stereocenters. The third-order valence-electron chi connectivity index (χ3n) is 5.19. The number of nitrogens with one attached hydrogen (secondary N) is 1. The number of nitrogens with zero attached hydrogens (tertiary/aromatic N) is 1. The highest BCUT2D eigenvalue weighted by Crippen LogP contribution is 2.30. The van der Waals surface area contributed by atoms with E-state index in [1.165, 1.54) is 49.6 Å². The largest absolute Gasteiger partial charge is 0.612 e. The Morgan fingerprint density at radius 1 is 1.11 bits per heavy atom. The number of rotatable bonds is 6. The van der Waals surface area contributed by atoms with Gasteiger partial charge in [0.15, 0.2) is 14.7 Å². The number of hydrogen-bond donors (Lipinski definition) is 1. The first-order valence-corrected chi connectivity index (χ1v) is 13.5. The predicted octanol–water partition coefficient (Wildman–Crippen LogP) is 3.24. The number of benzene rings is 2. The summed E-state index contributed by atoms with van der Waals surface area (Å²) in [5, 5.41) is 2.53. The van der Waals surface area contributed by atoms with E-state index in [1.807, 2.05) is 0 Å². The van der Waals surface area contributed by atoms with Gasteiger partial charge in [0.2, 0.25) is 0 Å². The molecule has 1 heterocycles. The van der Waals surface area contributed by atoms with Gasteiger partial charge in [-0.1, -0.05) is 18.2 Å². The highest BCUT2D eigenvalue weighted by Gasteiger charge is 2.31. The lowest BCUT2D eigenvalue weighted by Crippen LogP contribution is -2.34. The molecule has 1 unspecified atom stereocenters. The van der Waals surface area contributed by atoms with Crippen molar-refractivity contribution in [3.8, 4) is 5.69 Å². The molecular formula is C23H21F3N2O5S2. The number of hydrogen-bond acceptors (Lipinski definition) is 5. The van der Waals surface area contributed by atoms with Gasteiger partial charge in [0.05, 0.1) is 16.2 Å². The van der Waals surface area contributed by atoms with Crippen molar-refractivity contribution in [2.75, 3.05) is 12.5 Å². The number of pyridine rings is 1. The Morgan fingerprint density at radius 2 is 1.74 bits per heavy atom. The zero-order valence-electron chi connectivity index (χ0n) is 18.8. The van der Waals surface area contributed by atoms with E-state index >= 15 is 0 Å². The lowest BCUT2D eigenvalue weighted by atomic mass is 10.1. The molecule has 35 heavy (non-hydrogen) atoms. The summed E-state index contributed by atoms with van der Waals surface area (Å²) in [4.78, 5) is 26.3. The summed E-state index contributed by atoms with van der Waals surface area (Å²) >= 11 is -1.65. The predicted molar refractivity (Wildman–Crippen MR) is 125 cm³/mol. The molecule has 0 bridgehead atoms. The quantitative estimate of drug-likeness (QED) is 0.496. The Kier molecular flexibility index (Phi) is 7.48. The first-order chi connectivity index (χ1) is 16.2. The highest BCUT2D eigenvalue weighted by atomic mass is 32.2. The van der Waals surface area contributed by atoms with Gasteiger partial charge in [-0.15, -0.1) is 0 Å². The van der Waals surface area contributed by atoms with E-state index in [9.17, 15) is 35.7 Å². The first-order valence-electron chi connectivity index (χ1n) is 10.0. The lowest BCUT2D eigenvalue weighted by molar-refractivity contribution is -0.137. The fourth-order valence-corrected chi connectivity index (χ4v) is 4.82. The molecule has 0 aliphatic carbocycles. The molecule has 1 aromatic heterocycles. The minimum absolute atomic E-state index is 0.0513. The molecular weight excluding hydrogens is 505 g/mol. The maximum absolute atomic E-state index is 13.2. The van der Waals surface area contributed by atoms with Gasteiger partial charge >= 0.3 is 6.18 Å². The van der Waals surface area contributed by atoms with Crippen LogP contribution in [0.3, 0.4) is 0 Å². The lowest BCUT2D eigenvalue weighted by Gasteiger charge is -2.17. The Morgan fingerprint density at radius 3 is 2.29 bits per heavy atom. The fraction of sp³-hybridized carbons (Fsp3) is 0.217. The zero-order chi connectivity index (χ0) is 26.1. The molecule has 1 N–H and O–H groups in total. The van der Waals surface area contributed by atoms with E-state index in [1.54, 1.807) is 0 Å². The summed E-state index contributed by atoms with van der Waals surface area (Å²) in [5.74, 6) is -0.824. The van der Waals surface area contributed by atoms with Gasteiger partial charge in [0, 0.05) is 24.6 Å². The van der Waals surface area contributed by atoms with Gasteiger partial charge < -0.3 is 9.87 Å². The molecule has 0 saturated heterocycles. The van der Waals surface area contributed by atoms with Gasteiger partial charge in [-0.05, 0) is 54.0 Å². The van der Waals surface area contributed by atoms with Crippen LogP contribution in [-0.2, 0) is 33.7 Å². The van der Waals surface area contributed by atoms with Crippen molar-refractivity contribution in [3.63, 3.8) is 0 Å². The smallest absolute Gasteiger partial charge is 0.416 e. The fourth-order valence-electron chi connectivity index (χ4n) is 3.40. The van der Waals surface area contributed by atoms with Crippen LogP contribution in [0, 0.1) is 6.92 Å². The van der Waals surface area contributed by atoms with Crippen LogP contribution in [0.15, 0.2) is 69.2 Å². The Hall–Kier alpha value is -3.09. The van der Waals surface area contributed by atoms with Crippen LogP contribution in [0.2, 0.25) is 0 Å². The molecule has 0 aliphatic rings. The van der Waals surface area contributed by atoms with Crippen molar-refractivity contribution in [3.05, 3.63) is 87.3 Å². The molecule has 12 heteroatoms. The average molecular weight is 527 g/mol. The van der Waals surface area contributed by atoms with Crippen molar-refractivity contribution in [2.24, 2.45) is 0 Å². The van der Waals surface area contributed by atoms with Crippen molar-refractivity contribution >= 4 is 26.9 Å². The van der Waals surface area contributed by atoms with E-state index in [4.69, 9.17) is 0 Å². The maximum Gasteiger partial charge on any atom is 0.416 e. The van der Waals surface area contributed by atoms with Crippen LogP contribution < -0.4 is 10.9 Å². The number of carbonyl (C=O) groups is 1. The maximum atomic E-state index is 13.2. The van der Waals surface area contributed by atoms with Crippen molar-refractivity contribution in [1.82, 2.24) is 9.88 Å². The normalized spacial score (nSPS) is 12.9. The van der Waals surface area contributed by atoms with Gasteiger partial charge in [0.1, 0.15) is 11.8 Å². The third kappa shape index (κ3) is 5.95. The molecule has 7 nitrogen and oxygen atoms in total. The molecule has 0 fully saturated rings. The summed E-state index contributed by atoms with van der Waals surface area (Å²) in [6.45, 7) is 1.38. The molecule has 186 valence electrons. The Labute approximate surface area is 202 Å². The number of aromatic nitrogens is 1. The third-order valence-corrected chi connectivity index (χ3v) is 7.35. The van der Waals surface area contributed by atoms with Gasteiger partial charge in [-0.25, -0.2) is 8.42 Å². The molecule has 2 aromatic carbocycles. The summed E-state index contributed by atoms with van der Waals surface area (Å²) in [6, 6.07) is 11.0. The van der Waals surface area contributed by atoms with Crippen molar-refractivity contribution in [2.45, 2.75) is 29.4 Å². The van der Waals surface area contributed by atoms with Crippen molar-refractivity contribution < 1.29 is 30.9 Å². The second kappa shape index (κ2) is 9.88. The molecule has 1 amide bonds. The average Bonchev–Trinajstić information content (AvgIpc) is 2.76. The van der Waals surface area contributed by atoms with Crippen molar-refractivity contribution in [1.29, 1.82) is 0 Å². The van der Waals surface area contributed by atoms with Gasteiger partial charge in [0.25, 0.3) is 11.5 Å². The Bertz CT molecular complexity index is 1430. The molecule has 0 spiro atoms. The van der Waals surface area contributed by atoms with Gasteiger partial charge in [-0.3, -0.25) is 14.2 Å². The number of amides is 1. The first kappa shape index (κ1) is 26.5. The minimum atomic E-state index is -4.65. The molecule has 3 rings (SSSR count). The molecule has 0 radical (unpaired) electrons. The topological polar surface area (TPSA) is 108 Å². The van der Waals surface area contributed by atoms with E-state index in [2.05, 4.69) is 5.32 Å². The SMILES string of the molecule is Cc1c([S+](C)[O-])cc(C(=O)NCc2ccc(S(C)(=O)=O)cc2)c(=O)n1-c1cccc(C(F)(F)F)c1. The molecule has 3 aromatic rings. The van der Waals surface area contributed by atoms with E-state index in [0.29, 0.717) is 5.56 Å². The minimum Gasteiger partial charge on any atom is -0.612 e. The van der Waals surface area contributed by atoms with Crippen LogP contribution in [0.25, 0.3) is 5.69 Å². The van der Waals surface area contributed by atoms with E-state index in [0.717, 1.165) is 29.0 Å². The Balaban J connectivity index is 2.01. The highest BCUT2D eigenvalue weighted by molar-refractivity contribution is 7.91. The van der Waals surface area contributed by atoms with Crippen LogP contribution in [-0.4, -0.2) is 36.0 Å². The number of halogens is 3. The summed E-state index contributed by atoms with van der Waals surface area (Å²) < 4.78 is 76.0. The number of alkyl halides is 3. The second-order valence-electron chi connectivity index (χ2n) is 7.75. The number of carbonyl (C=O) groups excluding carboxylic acids is 1. The van der Waals surface area contributed by atoms with E-state index < -0.39 is 49.8 Å². The molecule has 0 saturated carbocycles. The number of sulfone groups is 1. The second-order valence-corrected chi connectivity index (χ2v) is 11.1. The van der Waals surface area contributed by atoms with Crippen LogP contribution in [0.1, 0.15) is 27.2 Å². The van der Waals surface area contributed by atoms with Gasteiger partial charge in [-0.2, -0.15) is 13.2 Å². The molecule has 0 aliphatic heterocycles. The summed E-state index contributed by atoms with van der Waals surface area (Å²) in [6.07, 6.45) is -2.26. The van der Waals surface area contributed by atoms with Crippen LogP contribution >= 0.6 is 0 Å². The standard InChI is InChI=1S/C23H21F3N2O5S2/c1-14-20(34(2)31)12-19(21(29)27-13-15-7-9-18(10-8-15)35(3,32)33)22(30)28(14)17-6-4-5-16(11-17)23(24,25)26/h4-12H,13H2,1-3H3,(H,27,29). The monoisotopic (exact) mass is 526 g/mol. The van der Waals surface area contributed by atoms with Crippen LogP contribution in [0.4, 0.5) is 13.2 Å². The zero-order valence-corrected chi connectivity index (χ0v) is 20.5. The van der Waals surface area contributed by atoms with E-state index in [-0.39, 0.29) is 27.7 Å². The summed E-state index contributed by atoms with van der Waals surface area (Å²) in [5.41, 5.74) is -1.68. The van der Waals surface area contributed by atoms with Crippen LogP contribution in [0.5, 0.6) is 0 Å². The summed E-state index contributed by atoms with van der Waals surface area (Å²) in [7, 11) is -3.39.